The highest BCUT2D eigenvalue weighted by atomic mass is 35.5. The summed E-state index contributed by atoms with van der Waals surface area (Å²) >= 11 is 6.13. The third kappa shape index (κ3) is 4.57. The maximum absolute atomic E-state index is 14.2. The van der Waals surface area contributed by atoms with Crippen LogP contribution in [-0.2, 0) is 16.7 Å². The van der Waals surface area contributed by atoms with Crippen molar-refractivity contribution in [3.05, 3.63) is 70.1 Å². The number of aromatic nitrogens is 3. The third-order valence-corrected chi connectivity index (χ3v) is 3.86. The van der Waals surface area contributed by atoms with Crippen LogP contribution in [0.2, 0.25) is 5.02 Å². The van der Waals surface area contributed by atoms with Crippen molar-refractivity contribution in [2.45, 2.75) is 6.54 Å². The second kappa shape index (κ2) is 7.55. The van der Waals surface area contributed by atoms with E-state index in [-0.39, 0.29) is 5.82 Å². The SMILES string of the molecule is CS(=O)(=O)O.Fc1ccccc1C1=NCc2n[nH]nc2-c2ccc(Cl)cc21. The summed E-state index contributed by atoms with van der Waals surface area (Å²) in [5, 5.41) is 11.5. The lowest BCUT2D eigenvalue weighted by molar-refractivity contribution is 0.490. The van der Waals surface area contributed by atoms with Crippen molar-refractivity contribution in [2.24, 2.45) is 4.99 Å². The molecule has 2 heterocycles. The molecule has 0 amide bonds. The lowest BCUT2D eigenvalue weighted by Crippen LogP contribution is -2.07. The number of nitrogens with zero attached hydrogens (tertiary/aromatic N) is 3. The Labute approximate surface area is 159 Å². The van der Waals surface area contributed by atoms with Crippen molar-refractivity contribution < 1.29 is 17.4 Å². The molecule has 4 rings (SSSR count). The molecular formula is C17H14ClFN4O3S. The summed E-state index contributed by atoms with van der Waals surface area (Å²) in [6.45, 7) is 0.335. The Morgan fingerprint density at radius 1 is 1.11 bits per heavy atom. The molecule has 0 atom stereocenters. The van der Waals surface area contributed by atoms with Crippen molar-refractivity contribution in [2.75, 3.05) is 6.26 Å². The van der Waals surface area contributed by atoms with Crippen LogP contribution in [0.5, 0.6) is 0 Å². The molecule has 1 aromatic heterocycles. The van der Waals surface area contributed by atoms with Gasteiger partial charge in [0.2, 0.25) is 0 Å². The fourth-order valence-corrected chi connectivity index (χ4v) is 2.79. The number of halogens is 2. The van der Waals surface area contributed by atoms with Gasteiger partial charge in [0.15, 0.2) is 0 Å². The zero-order chi connectivity index (χ0) is 19.6. The number of hydrogen-bond donors (Lipinski definition) is 2. The van der Waals surface area contributed by atoms with E-state index in [9.17, 15) is 12.8 Å². The van der Waals surface area contributed by atoms with Crippen molar-refractivity contribution in [3.63, 3.8) is 0 Å². The van der Waals surface area contributed by atoms with Gasteiger partial charge in [0.1, 0.15) is 17.2 Å². The molecule has 0 aliphatic carbocycles. The van der Waals surface area contributed by atoms with E-state index in [0.29, 0.717) is 29.1 Å². The number of nitrogens with one attached hydrogen (secondary N) is 1. The molecule has 0 saturated heterocycles. The minimum absolute atomic E-state index is 0.318. The second-order valence-corrected chi connectivity index (χ2v) is 7.59. The highest BCUT2D eigenvalue weighted by molar-refractivity contribution is 7.85. The molecule has 2 N–H and O–H groups in total. The summed E-state index contributed by atoms with van der Waals surface area (Å²) in [7, 11) is -3.67. The predicted molar refractivity (Wildman–Crippen MR) is 100 cm³/mol. The van der Waals surface area contributed by atoms with Gasteiger partial charge < -0.3 is 0 Å². The lowest BCUT2D eigenvalue weighted by atomic mass is 9.96. The van der Waals surface area contributed by atoms with Crippen LogP contribution in [0.25, 0.3) is 11.3 Å². The smallest absolute Gasteiger partial charge is 0.261 e. The minimum Gasteiger partial charge on any atom is -0.286 e. The molecular weight excluding hydrogens is 395 g/mol. The molecule has 1 aliphatic rings. The van der Waals surface area contributed by atoms with Crippen LogP contribution in [0.3, 0.4) is 0 Å². The van der Waals surface area contributed by atoms with E-state index in [1.54, 1.807) is 30.3 Å². The first-order valence-corrected chi connectivity index (χ1v) is 9.88. The summed E-state index contributed by atoms with van der Waals surface area (Å²) < 4.78 is 40.1. The van der Waals surface area contributed by atoms with E-state index in [4.69, 9.17) is 16.2 Å². The highest BCUT2D eigenvalue weighted by Crippen LogP contribution is 2.32. The van der Waals surface area contributed by atoms with Gasteiger partial charge in [0, 0.05) is 21.7 Å². The average molecular weight is 409 g/mol. The van der Waals surface area contributed by atoms with Crippen LogP contribution >= 0.6 is 11.6 Å². The van der Waals surface area contributed by atoms with Gasteiger partial charge in [-0.1, -0.05) is 29.8 Å². The molecule has 0 saturated carbocycles. The van der Waals surface area contributed by atoms with Gasteiger partial charge in [-0.25, -0.2) is 4.39 Å². The van der Waals surface area contributed by atoms with Crippen molar-refractivity contribution in [1.29, 1.82) is 0 Å². The lowest BCUT2D eigenvalue weighted by Gasteiger charge is -2.10. The van der Waals surface area contributed by atoms with Crippen LogP contribution in [0.15, 0.2) is 47.5 Å². The Kier molecular flexibility index (Phi) is 5.36. The molecule has 0 radical (unpaired) electrons. The Morgan fingerprint density at radius 3 is 2.52 bits per heavy atom. The largest absolute Gasteiger partial charge is 0.286 e. The molecule has 7 nitrogen and oxygen atoms in total. The van der Waals surface area contributed by atoms with Crippen molar-refractivity contribution in [1.82, 2.24) is 15.4 Å². The second-order valence-electron chi connectivity index (χ2n) is 5.69. The standard InChI is InChI=1S/C16H10ClFN4.CH4O3S/c17-9-5-6-10-12(7-9)15(11-3-1-2-4-13(11)18)19-8-14-16(10)21-22-20-14;1-5(2,3)4/h1-7H,8H2,(H,20,21,22);1H3,(H,2,3,4). The Balaban J connectivity index is 0.000000376. The number of rotatable bonds is 1. The third-order valence-electron chi connectivity index (χ3n) is 3.63. The summed E-state index contributed by atoms with van der Waals surface area (Å²) in [6, 6.07) is 12.0. The predicted octanol–water partition coefficient (Wildman–Crippen LogP) is 3.12. The first kappa shape index (κ1) is 19.2. The van der Waals surface area contributed by atoms with Crippen LogP contribution < -0.4 is 0 Å². The summed E-state index contributed by atoms with van der Waals surface area (Å²) in [5.74, 6) is -0.318. The number of fused-ring (bicyclic) bond motifs is 3. The van der Waals surface area contributed by atoms with E-state index in [1.807, 2.05) is 6.07 Å². The highest BCUT2D eigenvalue weighted by Gasteiger charge is 2.23. The van der Waals surface area contributed by atoms with E-state index in [1.165, 1.54) is 6.07 Å². The van der Waals surface area contributed by atoms with Crippen LogP contribution in [0, 0.1) is 5.82 Å². The average Bonchev–Trinajstić information content (AvgIpc) is 2.98. The summed E-state index contributed by atoms with van der Waals surface area (Å²) in [6.07, 6.45) is 0.715. The first-order valence-electron chi connectivity index (χ1n) is 7.66. The molecule has 0 bridgehead atoms. The van der Waals surface area contributed by atoms with E-state index in [0.717, 1.165) is 22.5 Å². The van der Waals surface area contributed by atoms with Gasteiger partial charge >= 0.3 is 0 Å². The summed E-state index contributed by atoms with van der Waals surface area (Å²) in [4.78, 5) is 4.55. The molecule has 0 fully saturated rings. The van der Waals surface area contributed by atoms with E-state index < -0.39 is 10.1 Å². The van der Waals surface area contributed by atoms with Gasteiger partial charge in [-0.05, 0) is 24.3 Å². The molecule has 140 valence electrons. The van der Waals surface area contributed by atoms with Gasteiger partial charge in [-0.2, -0.15) is 23.8 Å². The number of H-pyrrole nitrogens is 1. The zero-order valence-electron chi connectivity index (χ0n) is 14.0. The van der Waals surface area contributed by atoms with Crippen LogP contribution in [-0.4, -0.2) is 40.3 Å². The Bertz CT molecular complexity index is 1120. The molecule has 1 aliphatic heterocycles. The number of benzene rings is 2. The molecule has 2 aromatic carbocycles. The fourth-order valence-electron chi connectivity index (χ4n) is 2.62. The van der Waals surface area contributed by atoms with Crippen molar-refractivity contribution in [3.8, 4) is 11.3 Å². The maximum Gasteiger partial charge on any atom is 0.261 e. The molecule has 27 heavy (non-hydrogen) atoms. The number of aromatic amines is 1. The molecule has 0 unspecified atom stereocenters. The Morgan fingerprint density at radius 2 is 1.81 bits per heavy atom. The van der Waals surface area contributed by atoms with Crippen molar-refractivity contribution >= 4 is 27.4 Å². The van der Waals surface area contributed by atoms with Gasteiger partial charge in [-0.3, -0.25) is 9.55 Å². The number of hydrogen-bond acceptors (Lipinski definition) is 5. The molecule has 10 heteroatoms. The first-order chi connectivity index (χ1) is 12.7. The maximum atomic E-state index is 14.2. The molecule has 0 spiro atoms. The zero-order valence-corrected chi connectivity index (χ0v) is 15.6. The molecule has 3 aromatic rings. The van der Waals surface area contributed by atoms with E-state index >= 15 is 0 Å². The van der Waals surface area contributed by atoms with Gasteiger partial charge in [0.25, 0.3) is 10.1 Å². The fraction of sp³-hybridized carbons (Fsp3) is 0.118. The quantitative estimate of drug-likeness (QED) is 0.601. The summed E-state index contributed by atoms with van der Waals surface area (Å²) in [5.41, 5.74) is 4.06. The van der Waals surface area contributed by atoms with Crippen LogP contribution in [0.1, 0.15) is 16.8 Å². The van der Waals surface area contributed by atoms with Gasteiger partial charge in [0.05, 0.1) is 18.5 Å². The van der Waals surface area contributed by atoms with Crippen LogP contribution in [0.4, 0.5) is 4.39 Å². The van der Waals surface area contributed by atoms with E-state index in [2.05, 4.69) is 20.4 Å². The minimum atomic E-state index is -3.67. The normalized spacial score (nSPS) is 12.8. The van der Waals surface area contributed by atoms with Gasteiger partial charge in [-0.15, -0.1) is 0 Å². The monoisotopic (exact) mass is 408 g/mol. The topological polar surface area (TPSA) is 108 Å². The Hall–Kier alpha value is -2.62. The number of aliphatic imine (C=N–C) groups is 1.